The van der Waals surface area contributed by atoms with Crippen LogP contribution in [-0.2, 0) is 0 Å². The molecule has 100 valence electrons. The molecule has 0 spiro atoms. The summed E-state index contributed by atoms with van der Waals surface area (Å²) in [6, 6.07) is 15.1. The molecule has 1 unspecified atom stereocenters. The minimum absolute atomic E-state index is 0. The third-order valence-electron chi connectivity index (χ3n) is 3.03. The summed E-state index contributed by atoms with van der Waals surface area (Å²) in [5.41, 5.74) is 7.17. The van der Waals surface area contributed by atoms with Gasteiger partial charge in [0.2, 0.25) is 0 Å². The summed E-state index contributed by atoms with van der Waals surface area (Å²) in [7, 11) is 4.14. The second-order valence-electron chi connectivity index (χ2n) is 4.28. The maximum absolute atomic E-state index is 5.86. The molecular weight excluding hydrogens is 356 g/mol. The number of rotatable bonds is 3. The van der Waals surface area contributed by atoms with Gasteiger partial charge in [-0.05, 0) is 30.4 Å². The molecule has 0 aliphatic rings. The average molecular weight is 376 g/mol. The van der Waals surface area contributed by atoms with Crippen molar-refractivity contribution >= 4 is 44.7 Å². The quantitative estimate of drug-likeness (QED) is 0.888. The van der Waals surface area contributed by atoms with E-state index in [-0.39, 0.29) is 40.0 Å². The Morgan fingerprint density at radius 2 is 1.61 bits per heavy atom. The van der Waals surface area contributed by atoms with Crippen LogP contribution in [0.25, 0.3) is 10.8 Å². The lowest BCUT2D eigenvalue weighted by molar-refractivity contribution is 0.308. The summed E-state index contributed by atoms with van der Waals surface area (Å²) < 4.78 is 0. The number of fused-ring (bicyclic) bond motifs is 1. The van der Waals surface area contributed by atoms with E-state index >= 15 is 0 Å². The van der Waals surface area contributed by atoms with Crippen LogP contribution in [-0.4, -0.2) is 25.5 Å². The van der Waals surface area contributed by atoms with Gasteiger partial charge >= 0.3 is 0 Å². The van der Waals surface area contributed by atoms with Gasteiger partial charge in [0.05, 0.1) is 0 Å². The SMILES string of the molecule is Br.Br.CN(C)C(CN)c1cccc2ccccc12. The molecule has 0 aliphatic carbocycles. The van der Waals surface area contributed by atoms with E-state index in [0.717, 1.165) is 0 Å². The third-order valence-corrected chi connectivity index (χ3v) is 3.03. The summed E-state index contributed by atoms with van der Waals surface area (Å²) in [6.45, 7) is 0.640. The highest BCUT2D eigenvalue weighted by atomic mass is 79.9. The van der Waals surface area contributed by atoms with Gasteiger partial charge in [0.1, 0.15) is 0 Å². The van der Waals surface area contributed by atoms with Crippen molar-refractivity contribution in [2.24, 2.45) is 5.73 Å². The first-order valence-corrected chi connectivity index (χ1v) is 5.58. The van der Waals surface area contributed by atoms with Crippen LogP contribution in [0.15, 0.2) is 42.5 Å². The molecule has 2 rings (SSSR count). The standard InChI is InChI=1S/C14H18N2.2BrH/c1-16(2)14(10-15)13-9-5-7-11-6-3-4-8-12(11)13;;/h3-9,14H,10,15H2,1-2H3;2*1H. The maximum Gasteiger partial charge on any atom is 0.0470 e. The molecule has 4 heteroatoms. The molecule has 2 nitrogen and oxygen atoms in total. The van der Waals surface area contributed by atoms with Gasteiger partial charge < -0.3 is 10.6 Å². The fourth-order valence-corrected chi connectivity index (χ4v) is 2.16. The molecule has 2 aromatic rings. The van der Waals surface area contributed by atoms with E-state index in [4.69, 9.17) is 5.73 Å². The Morgan fingerprint density at radius 3 is 2.22 bits per heavy atom. The largest absolute Gasteiger partial charge is 0.329 e. The summed E-state index contributed by atoms with van der Waals surface area (Å²) in [4.78, 5) is 2.17. The van der Waals surface area contributed by atoms with Crippen molar-refractivity contribution in [3.8, 4) is 0 Å². The second kappa shape index (κ2) is 7.89. The van der Waals surface area contributed by atoms with Crippen molar-refractivity contribution in [1.29, 1.82) is 0 Å². The Balaban J connectivity index is 0.00000144. The lowest BCUT2D eigenvalue weighted by Gasteiger charge is -2.24. The fraction of sp³-hybridized carbons (Fsp3) is 0.286. The molecule has 0 amide bonds. The molecule has 0 fully saturated rings. The van der Waals surface area contributed by atoms with Crippen molar-refractivity contribution in [3.63, 3.8) is 0 Å². The van der Waals surface area contributed by atoms with Gasteiger partial charge in [-0.2, -0.15) is 0 Å². The van der Waals surface area contributed by atoms with Gasteiger partial charge in [0, 0.05) is 12.6 Å². The zero-order chi connectivity index (χ0) is 11.5. The number of nitrogens with zero attached hydrogens (tertiary/aromatic N) is 1. The van der Waals surface area contributed by atoms with Gasteiger partial charge in [0.15, 0.2) is 0 Å². The number of likely N-dealkylation sites (N-methyl/N-ethyl adjacent to an activating group) is 1. The Labute approximate surface area is 130 Å². The average Bonchev–Trinajstić information content (AvgIpc) is 2.30. The number of hydrogen-bond donors (Lipinski definition) is 1. The van der Waals surface area contributed by atoms with Crippen LogP contribution in [0, 0.1) is 0 Å². The van der Waals surface area contributed by atoms with Crippen LogP contribution in [0.2, 0.25) is 0 Å². The zero-order valence-electron chi connectivity index (χ0n) is 10.7. The zero-order valence-corrected chi connectivity index (χ0v) is 14.1. The first kappa shape index (κ1) is 17.6. The van der Waals surface area contributed by atoms with E-state index < -0.39 is 0 Å². The van der Waals surface area contributed by atoms with E-state index in [1.54, 1.807) is 0 Å². The minimum Gasteiger partial charge on any atom is -0.329 e. The maximum atomic E-state index is 5.86. The molecule has 0 radical (unpaired) electrons. The Hall–Kier alpha value is -0.420. The van der Waals surface area contributed by atoms with E-state index in [1.807, 2.05) is 0 Å². The molecule has 0 bridgehead atoms. The highest BCUT2D eigenvalue weighted by Gasteiger charge is 2.14. The molecule has 1 atom stereocenters. The summed E-state index contributed by atoms with van der Waals surface area (Å²) in [6.07, 6.45) is 0. The van der Waals surface area contributed by atoms with Crippen molar-refractivity contribution in [3.05, 3.63) is 48.0 Å². The molecule has 0 saturated carbocycles. The number of hydrogen-bond acceptors (Lipinski definition) is 2. The lowest BCUT2D eigenvalue weighted by atomic mass is 9.98. The fourth-order valence-electron chi connectivity index (χ4n) is 2.16. The van der Waals surface area contributed by atoms with Gasteiger partial charge in [-0.15, -0.1) is 34.0 Å². The van der Waals surface area contributed by atoms with Crippen LogP contribution in [0.3, 0.4) is 0 Å². The van der Waals surface area contributed by atoms with Crippen molar-refractivity contribution in [2.75, 3.05) is 20.6 Å². The number of benzene rings is 2. The first-order valence-electron chi connectivity index (χ1n) is 5.58. The first-order chi connectivity index (χ1) is 7.74. The van der Waals surface area contributed by atoms with Crippen molar-refractivity contribution in [1.82, 2.24) is 4.90 Å². The molecule has 2 aromatic carbocycles. The molecule has 0 saturated heterocycles. The van der Waals surface area contributed by atoms with Crippen LogP contribution in [0.5, 0.6) is 0 Å². The third kappa shape index (κ3) is 3.54. The number of halogens is 2. The predicted molar refractivity (Wildman–Crippen MR) is 90.1 cm³/mol. The van der Waals surface area contributed by atoms with E-state index in [0.29, 0.717) is 6.54 Å². The minimum atomic E-state index is 0. The molecular formula is C14H20Br2N2. The Morgan fingerprint density at radius 1 is 1.00 bits per heavy atom. The Bertz CT molecular complexity index is 481. The highest BCUT2D eigenvalue weighted by Crippen LogP contribution is 2.26. The molecule has 0 aliphatic heterocycles. The van der Waals surface area contributed by atoms with Gasteiger partial charge in [-0.25, -0.2) is 0 Å². The summed E-state index contributed by atoms with van der Waals surface area (Å²) >= 11 is 0. The predicted octanol–water partition coefficient (Wildman–Crippen LogP) is 3.56. The van der Waals surface area contributed by atoms with Crippen molar-refractivity contribution < 1.29 is 0 Å². The van der Waals surface area contributed by atoms with Crippen LogP contribution >= 0.6 is 34.0 Å². The van der Waals surface area contributed by atoms with Crippen LogP contribution in [0.1, 0.15) is 11.6 Å². The molecule has 0 aromatic heterocycles. The molecule has 18 heavy (non-hydrogen) atoms. The van der Waals surface area contributed by atoms with Crippen LogP contribution in [0.4, 0.5) is 0 Å². The monoisotopic (exact) mass is 374 g/mol. The molecule has 2 N–H and O–H groups in total. The van der Waals surface area contributed by atoms with E-state index in [1.165, 1.54) is 16.3 Å². The van der Waals surface area contributed by atoms with Crippen molar-refractivity contribution in [2.45, 2.75) is 6.04 Å². The normalized spacial score (nSPS) is 11.8. The van der Waals surface area contributed by atoms with Crippen LogP contribution < -0.4 is 5.73 Å². The van der Waals surface area contributed by atoms with Gasteiger partial charge in [-0.1, -0.05) is 42.5 Å². The number of nitrogens with two attached hydrogens (primary N) is 1. The van der Waals surface area contributed by atoms with Gasteiger partial charge in [0.25, 0.3) is 0 Å². The highest BCUT2D eigenvalue weighted by molar-refractivity contribution is 8.93. The molecule has 0 heterocycles. The smallest absolute Gasteiger partial charge is 0.0470 e. The Kier molecular flexibility index (Phi) is 7.71. The lowest BCUT2D eigenvalue weighted by Crippen LogP contribution is -2.27. The topological polar surface area (TPSA) is 29.3 Å². The van der Waals surface area contributed by atoms with E-state index in [9.17, 15) is 0 Å². The summed E-state index contributed by atoms with van der Waals surface area (Å²) in [5, 5.41) is 2.58. The van der Waals surface area contributed by atoms with E-state index in [2.05, 4.69) is 61.5 Å². The van der Waals surface area contributed by atoms with Gasteiger partial charge in [-0.3, -0.25) is 0 Å². The summed E-state index contributed by atoms with van der Waals surface area (Å²) in [5.74, 6) is 0. The second-order valence-corrected chi connectivity index (χ2v) is 4.28.